The van der Waals surface area contributed by atoms with Gasteiger partial charge in [-0.05, 0) is 12.1 Å². The third-order valence-corrected chi connectivity index (χ3v) is 2.46. The Kier molecular flexibility index (Phi) is 2.09. The van der Waals surface area contributed by atoms with E-state index in [4.69, 9.17) is 20.3 Å². The minimum Gasteiger partial charge on any atom is -0.476 e. The van der Waals surface area contributed by atoms with Crippen molar-refractivity contribution in [3.8, 4) is 23.1 Å². The molecule has 3 rings (SSSR count). The van der Waals surface area contributed by atoms with Crippen LogP contribution < -0.4 is 15.2 Å². The number of nitrogens with two attached hydrogens (primary N) is 1. The van der Waals surface area contributed by atoms with Gasteiger partial charge in [0.2, 0.25) is 0 Å². The number of benzene rings is 1. The van der Waals surface area contributed by atoms with Crippen molar-refractivity contribution in [1.29, 1.82) is 0 Å². The normalized spacial score (nSPS) is 11.8. The van der Waals surface area contributed by atoms with Gasteiger partial charge in [0, 0.05) is 6.07 Å². The number of para-hydroxylation sites is 2. The second kappa shape index (κ2) is 3.63. The molecule has 3 N–H and O–H groups in total. The van der Waals surface area contributed by atoms with Gasteiger partial charge in [0.05, 0.1) is 5.69 Å². The fraction of sp³-hybridized carbons (Fsp3) is 0. The number of carboxylic acid groups (broad SMARTS) is 1. The highest BCUT2D eigenvalue weighted by atomic mass is 16.6. The third-order valence-electron chi connectivity index (χ3n) is 2.46. The highest BCUT2D eigenvalue weighted by Crippen LogP contribution is 2.44. The fourth-order valence-electron chi connectivity index (χ4n) is 1.65. The zero-order chi connectivity index (χ0) is 12.7. The molecule has 0 saturated carbocycles. The Labute approximate surface area is 102 Å². The zero-order valence-corrected chi connectivity index (χ0v) is 9.08. The first-order valence-electron chi connectivity index (χ1n) is 5.13. The molecule has 0 aliphatic carbocycles. The van der Waals surface area contributed by atoms with Gasteiger partial charge in [-0.25, -0.2) is 9.78 Å². The quantitative estimate of drug-likeness (QED) is 0.681. The van der Waals surface area contributed by atoms with Crippen molar-refractivity contribution in [2.24, 2.45) is 0 Å². The van der Waals surface area contributed by atoms with Gasteiger partial charge in [-0.2, -0.15) is 0 Å². The van der Waals surface area contributed by atoms with Crippen LogP contribution >= 0.6 is 0 Å². The van der Waals surface area contributed by atoms with Crippen LogP contribution in [0.3, 0.4) is 0 Å². The fourth-order valence-corrected chi connectivity index (χ4v) is 1.65. The van der Waals surface area contributed by atoms with E-state index in [9.17, 15) is 4.79 Å². The minimum atomic E-state index is -1.21. The number of hydrogen-bond donors (Lipinski definition) is 2. The Morgan fingerprint density at radius 3 is 2.50 bits per heavy atom. The molecule has 0 amide bonds. The lowest BCUT2D eigenvalue weighted by atomic mass is 10.2. The lowest BCUT2D eigenvalue weighted by molar-refractivity contribution is 0.0690. The molecule has 0 fully saturated rings. The monoisotopic (exact) mass is 244 g/mol. The number of hydrogen-bond acceptors (Lipinski definition) is 5. The Balaban J connectivity index is 2.11. The summed E-state index contributed by atoms with van der Waals surface area (Å²) in [6.07, 6.45) is 0. The molecule has 6 nitrogen and oxygen atoms in total. The maximum Gasteiger partial charge on any atom is 0.356 e. The van der Waals surface area contributed by atoms with Gasteiger partial charge in [0.15, 0.2) is 22.9 Å². The van der Waals surface area contributed by atoms with Gasteiger partial charge in [0.1, 0.15) is 0 Å². The van der Waals surface area contributed by atoms with Gasteiger partial charge in [-0.1, -0.05) is 12.1 Å². The molecule has 1 aromatic heterocycles. The number of pyridine rings is 1. The summed E-state index contributed by atoms with van der Waals surface area (Å²) in [5.41, 5.74) is 5.37. The molecular weight excluding hydrogens is 236 g/mol. The summed E-state index contributed by atoms with van der Waals surface area (Å²) in [6, 6.07) is 8.41. The van der Waals surface area contributed by atoms with Crippen molar-refractivity contribution < 1.29 is 19.4 Å². The van der Waals surface area contributed by atoms with Crippen molar-refractivity contribution in [1.82, 2.24) is 4.98 Å². The molecule has 18 heavy (non-hydrogen) atoms. The minimum absolute atomic E-state index is 0.0317. The second-order valence-corrected chi connectivity index (χ2v) is 3.69. The molecule has 0 bridgehead atoms. The van der Waals surface area contributed by atoms with Crippen LogP contribution in [-0.4, -0.2) is 16.1 Å². The van der Waals surface area contributed by atoms with Crippen LogP contribution in [0.2, 0.25) is 0 Å². The van der Waals surface area contributed by atoms with E-state index in [2.05, 4.69) is 4.98 Å². The predicted molar refractivity (Wildman–Crippen MR) is 62.2 cm³/mol. The number of aromatic nitrogens is 1. The average molecular weight is 244 g/mol. The Hall–Kier alpha value is -2.76. The number of rotatable bonds is 1. The highest BCUT2D eigenvalue weighted by molar-refractivity contribution is 5.92. The Bertz CT molecular complexity index is 655. The molecule has 0 spiro atoms. The molecule has 0 saturated heterocycles. The zero-order valence-electron chi connectivity index (χ0n) is 9.08. The van der Waals surface area contributed by atoms with Crippen molar-refractivity contribution in [3.63, 3.8) is 0 Å². The van der Waals surface area contributed by atoms with Crippen molar-refractivity contribution in [2.75, 3.05) is 5.73 Å². The summed E-state index contributed by atoms with van der Waals surface area (Å²) in [7, 11) is 0. The van der Waals surface area contributed by atoms with Gasteiger partial charge < -0.3 is 20.3 Å². The summed E-state index contributed by atoms with van der Waals surface area (Å²) < 4.78 is 11.0. The lowest BCUT2D eigenvalue weighted by Gasteiger charge is -2.19. The van der Waals surface area contributed by atoms with E-state index < -0.39 is 5.97 Å². The number of aromatic carboxylic acids is 1. The molecule has 2 aromatic rings. The molecule has 0 unspecified atom stereocenters. The molecule has 1 aliphatic rings. The molecular formula is C12H8N2O4. The number of fused-ring (bicyclic) bond motifs is 2. The number of ether oxygens (including phenoxy) is 2. The molecule has 90 valence electrons. The van der Waals surface area contributed by atoms with Gasteiger partial charge in [-0.15, -0.1) is 0 Å². The maximum atomic E-state index is 10.9. The van der Waals surface area contributed by atoms with Gasteiger partial charge in [-0.3, -0.25) is 0 Å². The highest BCUT2D eigenvalue weighted by Gasteiger charge is 2.23. The largest absolute Gasteiger partial charge is 0.476 e. The molecule has 1 aromatic carbocycles. The number of nitrogens with zero attached hydrogens (tertiary/aromatic N) is 1. The van der Waals surface area contributed by atoms with E-state index >= 15 is 0 Å². The van der Waals surface area contributed by atoms with Crippen LogP contribution in [-0.2, 0) is 0 Å². The van der Waals surface area contributed by atoms with E-state index in [-0.39, 0.29) is 17.3 Å². The topological polar surface area (TPSA) is 94.7 Å². The summed E-state index contributed by atoms with van der Waals surface area (Å²) in [5.74, 6) is 0.210. The van der Waals surface area contributed by atoms with E-state index in [1.165, 1.54) is 6.07 Å². The van der Waals surface area contributed by atoms with Crippen molar-refractivity contribution in [2.45, 2.75) is 0 Å². The van der Waals surface area contributed by atoms with Crippen LogP contribution in [0.15, 0.2) is 30.3 Å². The standard InChI is InChI=1S/C12H8N2O4/c13-6-5-9-11(14-10(6)12(15)16)18-8-4-2-1-3-7(8)17-9/h1-5H,13H2,(H,15,16). The predicted octanol–water partition coefficient (Wildman–Crippen LogP) is 2.26. The van der Waals surface area contributed by atoms with Crippen molar-refractivity contribution in [3.05, 3.63) is 36.0 Å². The number of anilines is 1. The first kappa shape index (κ1) is 10.4. The van der Waals surface area contributed by atoms with Crippen molar-refractivity contribution >= 4 is 11.7 Å². The molecule has 0 atom stereocenters. The number of carboxylic acids is 1. The molecule has 1 aliphatic heterocycles. The van der Waals surface area contributed by atoms with Crippen LogP contribution in [0, 0.1) is 0 Å². The summed E-state index contributed by atoms with van der Waals surface area (Å²) in [5, 5.41) is 8.92. The molecule has 6 heteroatoms. The van der Waals surface area contributed by atoms with E-state index in [1.54, 1.807) is 24.3 Å². The second-order valence-electron chi connectivity index (χ2n) is 3.69. The Morgan fingerprint density at radius 1 is 1.17 bits per heavy atom. The van der Waals surface area contributed by atoms with Crippen LogP contribution in [0.25, 0.3) is 0 Å². The van der Waals surface area contributed by atoms with E-state index in [0.717, 1.165) is 0 Å². The average Bonchev–Trinajstić information content (AvgIpc) is 2.35. The smallest absolute Gasteiger partial charge is 0.356 e. The van der Waals surface area contributed by atoms with E-state index in [0.29, 0.717) is 17.2 Å². The first-order valence-corrected chi connectivity index (χ1v) is 5.13. The van der Waals surface area contributed by atoms with Crippen LogP contribution in [0.1, 0.15) is 10.5 Å². The Morgan fingerprint density at radius 2 is 1.83 bits per heavy atom. The summed E-state index contributed by atoms with van der Waals surface area (Å²) in [6.45, 7) is 0. The maximum absolute atomic E-state index is 10.9. The van der Waals surface area contributed by atoms with Crippen LogP contribution in [0.4, 0.5) is 5.69 Å². The number of carbonyl (C=O) groups is 1. The van der Waals surface area contributed by atoms with E-state index in [1.807, 2.05) is 0 Å². The van der Waals surface area contributed by atoms with Gasteiger partial charge in [0.25, 0.3) is 5.88 Å². The number of nitrogen functional groups attached to an aromatic ring is 1. The molecule has 0 radical (unpaired) electrons. The van der Waals surface area contributed by atoms with Gasteiger partial charge >= 0.3 is 5.97 Å². The first-order chi connectivity index (χ1) is 8.65. The lowest BCUT2D eigenvalue weighted by Crippen LogP contribution is -2.09. The molecule has 2 heterocycles. The third kappa shape index (κ3) is 1.51. The summed E-state index contributed by atoms with van der Waals surface area (Å²) >= 11 is 0. The SMILES string of the molecule is Nc1cc2c(nc1C(=O)O)Oc1ccccc1O2. The van der Waals surface area contributed by atoms with Crippen LogP contribution in [0.5, 0.6) is 23.1 Å². The summed E-state index contributed by atoms with van der Waals surface area (Å²) in [4.78, 5) is 14.8.